The molecule has 0 radical (unpaired) electrons. The number of amides is 2. The molecule has 2 amide bonds. The highest BCUT2D eigenvalue weighted by Crippen LogP contribution is 2.09. The highest BCUT2D eigenvalue weighted by molar-refractivity contribution is 5.90. The van der Waals surface area contributed by atoms with Crippen LogP contribution in [0.2, 0.25) is 0 Å². The van der Waals surface area contributed by atoms with Gasteiger partial charge in [-0.1, -0.05) is 30.3 Å². The molecule has 2 rings (SSSR count). The normalized spacial score (nSPS) is 19.8. The summed E-state index contributed by atoms with van der Waals surface area (Å²) >= 11 is 0. The molecule has 1 fully saturated rings. The minimum Gasteiger partial charge on any atom is -0.412 e. The Bertz CT molecular complexity index is 464. The standard InChI is InChI=1S/C14H19N3O2.H2O/c1-10-13(18)16-7-8-17(10)14(19)12(15)9-11-5-3-2-4-6-11;/h2-6,10,12H,7-9,15H2,1H3,(H,16,18);1H2/t10?,12-;/m0./s1. The van der Waals surface area contributed by atoms with Gasteiger partial charge in [-0.05, 0) is 18.9 Å². The molecular formula is C14H21N3O3. The fourth-order valence-electron chi connectivity index (χ4n) is 2.25. The molecule has 1 aromatic carbocycles. The van der Waals surface area contributed by atoms with Crippen LogP contribution < -0.4 is 11.1 Å². The molecule has 6 heteroatoms. The zero-order chi connectivity index (χ0) is 13.8. The number of nitrogens with zero attached hydrogens (tertiary/aromatic N) is 1. The minimum atomic E-state index is -0.601. The van der Waals surface area contributed by atoms with Crippen LogP contribution in [0.3, 0.4) is 0 Å². The van der Waals surface area contributed by atoms with Crippen LogP contribution in [0, 0.1) is 0 Å². The fraction of sp³-hybridized carbons (Fsp3) is 0.429. The van der Waals surface area contributed by atoms with E-state index in [9.17, 15) is 9.59 Å². The summed E-state index contributed by atoms with van der Waals surface area (Å²) in [6.07, 6.45) is 0.491. The average Bonchev–Trinajstić information content (AvgIpc) is 2.42. The molecule has 1 aromatic rings. The predicted molar refractivity (Wildman–Crippen MR) is 75.9 cm³/mol. The van der Waals surface area contributed by atoms with Gasteiger partial charge in [-0.3, -0.25) is 9.59 Å². The van der Waals surface area contributed by atoms with Crippen LogP contribution in [0.1, 0.15) is 12.5 Å². The number of hydrogen-bond donors (Lipinski definition) is 2. The molecule has 1 aliphatic rings. The summed E-state index contributed by atoms with van der Waals surface area (Å²) in [5.74, 6) is -0.280. The minimum absolute atomic E-state index is 0. The number of piperazine rings is 1. The Morgan fingerprint density at radius 3 is 2.75 bits per heavy atom. The second kappa shape index (κ2) is 7.02. The van der Waals surface area contributed by atoms with E-state index in [-0.39, 0.29) is 17.3 Å². The second-order valence-corrected chi connectivity index (χ2v) is 4.79. The molecule has 0 aromatic heterocycles. The maximum absolute atomic E-state index is 12.3. The summed E-state index contributed by atoms with van der Waals surface area (Å²) in [6, 6.07) is 8.61. The number of carbonyl (C=O) groups is 2. The molecule has 110 valence electrons. The molecule has 0 saturated carbocycles. The maximum Gasteiger partial charge on any atom is 0.242 e. The van der Waals surface area contributed by atoms with Gasteiger partial charge >= 0.3 is 0 Å². The molecular weight excluding hydrogens is 258 g/mol. The Hall–Kier alpha value is -1.92. The molecule has 0 bridgehead atoms. The smallest absolute Gasteiger partial charge is 0.242 e. The largest absolute Gasteiger partial charge is 0.412 e. The number of hydrogen-bond acceptors (Lipinski definition) is 3. The van der Waals surface area contributed by atoms with Crippen molar-refractivity contribution < 1.29 is 15.1 Å². The van der Waals surface area contributed by atoms with Gasteiger partial charge in [0.2, 0.25) is 11.8 Å². The molecule has 0 spiro atoms. The molecule has 1 aliphatic heterocycles. The molecule has 6 nitrogen and oxygen atoms in total. The topological polar surface area (TPSA) is 107 Å². The van der Waals surface area contributed by atoms with E-state index in [0.29, 0.717) is 19.5 Å². The van der Waals surface area contributed by atoms with Crippen molar-refractivity contribution in [2.45, 2.75) is 25.4 Å². The predicted octanol–water partition coefficient (Wildman–Crippen LogP) is -0.921. The van der Waals surface area contributed by atoms with Crippen molar-refractivity contribution in [3.8, 4) is 0 Å². The first-order valence-corrected chi connectivity index (χ1v) is 6.47. The summed E-state index contributed by atoms with van der Waals surface area (Å²) in [5.41, 5.74) is 6.99. The average molecular weight is 279 g/mol. The van der Waals surface area contributed by atoms with E-state index in [4.69, 9.17) is 5.73 Å². The molecule has 1 saturated heterocycles. The summed E-state index contributed by atoms with van der Waals surface area (Å²) < 4.78 is 0. The Morgan fingerprint density at radius 1 is 1.45 bits per heavy atom. The molecule has 1 heterocycles. The molecule has 2 atom stereocenters. The third kappa shape index (κ3) is 3.55. The van der Waals surface area contributed by atoms with Crippen LogP contribution >= 0.6 is 0 Å². The number of nitrogens with one attached hydrogen (secondary N) is 1. The summed E-state index contributed by atoms with van der Waals surface area (Å²) in [4.78, 5) is 25.4. The fourth-order valence-corrected chi connectivity index (χ4v) is 2.25. The SMILES string of the molecule is CC1C(=O)NCCN1C(=O)[C@@H](N)Cc1ccccc1.O. The maximum atomic E-state index is 12.3. The zero-order valence-corrected chi connectivity index (χ0v) is 11.5. The van der Waals surface area contributed by atoms with E-state index < -0.39 is 12.1 Å². The first-order valence-electron chi connectivity index (χ1n) is 6.47. The number of nitrogens with two attached hydrogens (primary N) is 1. The monoisotopic (exact) mass is 279 g/mol. The third-order valence-electron chi connectivity index (χ3n) is 3.40. The van der Waals surface area contributed by atoms with E-state index in [1.165, 1.54) is 0 Å². The van der Waals surface area contributed by atoms with Crippen LogP contribution in [0.5, 0.6) is 0 Å². The highest BCUT2D eigenvalue weighted by Gasteiger charge is 2.31. The number of carbonyl (C=O) groups excluding carboxylic acids is 2. The van der Waals surface area contributed by atoms with Gasteiger partial charge in [0.25, 0.3) is 0 Å². The van der Waals surface area contributed by atoms with Crippen molar-refractivity contribution >= 4 is 11.8 Å². The lowest BCUT2D eigenvalue weighted by Crippen LogP contribution is -2.59. The van der Waals surface area contributed by atoms with Crippen molar-refractivity contribution in [3.05, 3.63) is 35.9 Å². The van der Waals surface area contributed by atoms with Crippen molar-refractivity contribution in [2.24, 2.45) is 5.73 Å². The lowest BCUT2D eigenvalue weighted by Gasteiger charge is -2.34. The Morgan fingerprint density at radius 2 is 2.10 bits per heavy atom. The number of benzene rings is 1. The van der Waals surface area contributed by atoms with Crippen molar-refractivity contribution in [2.75, 3.05) is 13.1 Å². The van der Waals surface area contributed by atoms with Crippen molar-refractivity contribution in [3.63, 3.8) is 0 Å². The lowest BCUT2D eigenvalue weighted by molar-refractivity contribution is -0.143. The van der Waals surface area contributed by atoms with E-state index in [1.807, 2.05) is 30.3 Å². The van der Waals surface area contributed by atoms with Gasteiger partial charge in [0.05, 0.1) is 6.04 Å². The number of rotatable bonds is 3. The first-order chi connectivity index (χ1) is 9.09. The third-order valence-corrected chi connectivity index (χ3v) is 3.40. The molecule has 5 N–H and O–H groups in total. The van der Waals surface area contributed by atoms with Crippen LogP contribution in [-0.4, -0.2) is 47.4 Å². The zero-order valence-electron chi connectivity index (χ0n) is 11.5. The van der Waals surface area contributed by atoms with Gasteiger partial charge in [-0.2, -0.15) is 0 Å². The van der Waals surface area contributed by atoms with Crippen molar-refractivity contribution in [1.82, 2.24) is 10.2 Å². The van der Waals surface area contributed by atoms with Gasteiger partial charge in [-0.15, -0.1) is 0 Å². The van der Waals surface area contributed by atoms with Crippen LogP contribution in [0.15, 0.2) is 30.3 Å². The lowest BCUT2D eigenvalue weighted by atomic mass is 10.0. The van der Waals surface area contributed by atoms with Crippen molar-refractivity contribution in [1.29, 1.82) is 0 Å². The van der Waals surface area contributed by atoms with E-state index >= 15 is 0 Å². The van der Waals surface area contributed by atoms with Gasteiger partial charge in [0, 0.05) is 13.1 Å². The molecule has 0 aliphatic carbocycles. The second-order valence-electron chi connectivity index (χ2n) is 4.79. The quantitative estimate of drug-likeness (QED) is 0.747. The van der Waals surface area contributed by atoms with E-state index in [2.05, 4.69) is 5.32 Å². The highest BCUT2D eigenvalue weighted by atomic mass is 16.2. The Kier molecular flexibility index (Phi) is 5.66. The Balaban J connectivity index is 0.00000200. The summed E-state index contributed by atoms with van der Waals surface area (Å²) in [7, 11) is 0. The summed E-state index contributed by atoms with van der Waals surface area (Å²) in [6.45, 7) is 2.74. The van der Waals surface area contributed by atoms with E-state index in [1.54, 1.807) is 11.8 Å². The summed E-state index contributed by atoms with van der Waals surface area (Å²) in [5, 5.41) is 2.73. The first kappa shape index (κ1) is 16.1. The Labute approximate surface area is 118 Å². The molecule has 1 unspecified atom stereocenters. The van der Waals surface area contributed by atoms with Gasteiger partial charge in [-0.25, -0.2) is 0 Å². The molecule has 20 heavy (non-hydrogen) atoms. The van der Waals surface area contributed by atoms with Gasteiger partial charge in [0.15, 0.2) is 0 Å². The van der Waals surface area contributed by atoms with Crippen LogP contribution in [-0.2, 0) is 16.0 Å². The van der Waals surface area contributed by atoms with Gasteiger partial charge in [0.1, 0.15) is 6.04 Å². The van der Waals surface area contributed by atoms with Crippen LogP contribution in [0.4, 0.5) is 0 Å². The van der Waals surface area contributed by atoms with Crippen LogP contribution in [0.25, 0.3) is 0 Å². The van der Waals surface area contributed by atoms with Gasteiger partial charge < -0.3 is 21.4 Å². The van der Waals surface area contributed by atoms with E-state index in [0.717, 1.165) is 5.56 Å².